The molecule has 0 N–H and O–H groups in total. The maximum atomic E-state index is 12.8. The molecule has 0 saturated carbocycles. The molecule has 0 radical (unpaired) electrons. The molecule has 1 fully saturated rings. The summed E-state index contributed by atoms with van der Waals surface area (Å²) < 4.78 is 61.1. The minimum absolute atomic E-state index is 0.0344. The van der Waals surface area contributed by atoms with Crippen LogP contribution in [0.1, 0.15) is 17.3 Å². The monoisotopic (exact) mass is 440 g/mol. The zero-order chi connectivity index (χ0) is 21.7. The molecule has 0 aromatic heterocycles. The Labute approximate surface area is 173 Å². The lowest BCUT2D eigenvalue weighted by molar-refractivity contribution is -0.0498. The van der Waals surface area contributed by atoms with Crippen molar-refractivity contribution < 1.29 is 31.5 Å². The average molecular weight is 440 g/mol. The molecule has 1 heterocycles. The van der Waals surface area contributed by atoms with E-state index in [2.05, 4.69) is 4.74 Å². The van der Waals surface area contributed by atoms with E-state index in [-0.39, 0.29) is 42.7 Å². The molecule has 10 heteroatoms. The van der Waals surface area contributed by atoms with Gasteiger partial charge in [-0.3, -0.25) is 4.79 Å². The van der Waals surface area contributed by atoms with Crippen molar-refractivity contribution in [1.82, 2.24) is 9.21 Å². The van der Waals surface area contributed by atoms with Crippen LogP contribution < -0.4 is 9.47 Å². The molecule has 162 valence electrons. The van der Waals surface area contributed by atoms with E-state index in [9.17, 15) is 22.0 Å². The highest BCUT2D eigenvalue weighted by atomic mass is 32.2. The fourth-order valence-corrected chi connectivity index (χ4v) is 4.54. The molecule has 1 aliphatic rings. The molecule has 0 bridgehead atoms. The van der Waals surface area contributed by atoms with Crippen LogP contribution in [0.15, 0.2) is 53.4 Å². The van der Waals surface area contributed by atoms with Gasteiger partial charge in [0.1, 0.15) is 11.5 Å². The molecule has 1 saturated heterocycles. The molecule has 2 aromatic carbocycles. The van der Waals surface area contributed by atoms with E-state index < -0.39 is 16.6 Å². The second-order valence-electron chi connectivity index (χ2n) is 6.50. The Morgan fingerprint density at radius 1 is 0.967 bits per heavy atom. The van der Waals surface area contributed by atoms with Crippen LogP contribution in [0.3, 0.4) is 0 Å². The number of hydrogen-bond acceptors (Lipinski definition) is 5. The summed E-state index contributed by atoms with van der Waals surface area (Å²) >= 11 is 0. The number of sulfonamides is 1. The zero-order valence-corrected chi connectivity index (χ0v) is 17.1. The highest BCUT2D eigenvalue weighted by Crippen LogP contribution is 2.22. The van der Waals surface area contributed by atoms with Gasteiger partial charge in [0.15, 0.2) is 0 Å². The van der Waals surface area contributed by atoms with Crippen LogP contribution in [0.5, 0.6) is 11.5 Å². The van der Waals surface area contributed by atoms with Gasteiger partial charge in [0.25, 0.3) is 5.91 Å². The highest BCUT2D eigenvalue weighted by Gasteiger charge is 2.30. The molecule has 0 aliphatic carbocycles. The number of ether oxygens (including phenoxy) is 2. The van der Waals surface area contributed by atoms with Crippen LogP contribution in [-0.4, -0.2) is 62.9 Å². The van der Waals surface area contributed by atoms with Crippen LogP contribution in [0.25, 0.3) is 0 Å². The molecule has 3 rings (SSSR count). The minimum Gasteiger partial charge on any atom is -0.494 e. The van der Waals surface area contributed by atoms with Gasteiger partial charge in [0, 0.05) is 31.7 Å². The first kappa shape index (κ1) is 22.0. The lowest BCUT2D eigenvalue weighted by Gasteiger charge is -2.34. The minimum atomic E-state index is -3.67. The number of nitrogens with zero attached hydrogens (tertiary/aromatic N) is 2. The van der Waals surface area contributed by atoms with Crippen LogP contribution >= 0.6 is 0 Å². The Kier molecular flexibility index (Phi) is 6.88. The molecular weight excluding hydrogens is 418 g/mol. The van der Waals surface area contributed by atoms with E-state index in [0.717, 1.165) is 0 Å². The van der Waals surface area contributed by atoms with Gasteiger partial charge in [-0.25, -0.2) is 8.42 Å². The summed E-state index contributed by atoms with van der Waals surface area (Å²) in [5.41, 5.74) is 0.319. The quantitative estimate of drug-likeness (QED) is 0.662. The molecule has 2 aromatic rings. The van der Waals surface area contributed by atoms with Crippen molar-refractivity contribution in [1.29, 1.82) is 0 Å². The van der Waals surface area contributed by atoms with Crippen molar-refractivity contribution in [2.24, 2.45) is 0 Å². The van der Waals surface area contributed by atoms with E-state index in [4.69, 9.17) is 4.74 Å². The second-order valence-corrected chi connectivity index (χ2v) is 8.44. The summed E-state index contributed by atoms with van der Waals surface area (Å²) in [4.78, 5) is 14.3. The number of piperazine rings is 1. The van der Waals surface area contributed by atoms with E-state index in [1.807, 2.05) is 6.92 Å². The Hall–Kier alpha value is -2.72. The van der Waals surface area contributed by atoms with Crippen molar-refractivity contribution >= 4 is 15.9 Å². The number of rotatable bonds is 7. The van der Waals surface area contributed by atoms with Crippen molar-refractivity contribution in [3.63, 3.8) is 0 Å². The van der Waals surface area contributed by atoms with Crippen LogP contribution in [0.4, 0.5) is 8.78 Å². The maximum absolute atomic E-state index is 12.8. The fourth-order valence-electron chi connectivity index (χ4n) is 3.12. The molecule has 0 atom stereocenters. The largest absolute Gasteiger partial charge is 0.494 e. The summed E-state index contributed by atoms with van der Waals surface area (Å²) in [6.45, 7) is 0.175. The summed E-state index contributed by atoms with van der Waals surface area (Å²) in [6, 6.07) is 11.6. The Balaban J connectivity index is 1.61. The van der Waals surface area contributed by atoms with Crippen molar-refractivity contribution in [3.8, 4) is 11.5 Å². The number of carbonyl (C=O) groups is 1. The molecule has 0 unspecified atom stereocenters. The van der Waals surface area contributed by atoms with Gasteiger partial charge in [0.05, 0.1) is 11.5 Å². The van der Waals surface area contributed by atoms with Gasteiger partial charge in [-0.1, -0.05) is 0 Å². The lowest BCUT2D eigenvalue weighted by Crippen LogP contribution is -2.50. The second kappa shape index (κ2) is 9.40. The highest BCUT2D eigenvalue weighted by molar-refractivity contribution is 7.89. The van der Waals surface area contributed by atoms with Gasteiger partial charge >= 0.3 is 6.61 Å². The third-order valence-corrected chi connectivity index (χ3v) is 6.54. The Bertz CT molecular complexity index is 958. The van der Waals surface area contributed by atoms with Gasteiger partial charge in [-0.15, -0.1) is 0 Å². The first-order chi connectivity index (χ1) is 14.3. The predicted molar refractivity (Wildman–Crippen MR) is 105 cm³/mol. The fraction of sp³-hybridized carbons (Fsp3) is 0.350. The zero-order valence-electron chi connectivity index (χ0n) is 16.3. The molecule has 1 aliphatic heterocycles. The van der Waals surface area contributed by atoms with Crippen molar-refractivity contribution in [3.05, 3.63) is 54.1 Å². The first-order valence-corrected chi connectivity index (χ1v) is 10.8. The number of amides is 1. The molecule has 0 spiro atoms. The molecule has 1 amide bonds. The molecule has 7 nitrogen and oxygen atoms in total. The summed E-state index contributed by atoms with van der Waals surface area (Å²) in [5.74, 6) is 0.265. The van der Waals surface area contributed by atoms with Crippen molar-refractivity contribution in [2.75, 3.05) is 32.8 Å². The van der Waals surface area contributed by atoms with Gasteiger partial charge in [0.2, 0.25) is 10.0 Å². The SMILES string of the molecule is CCOc1ccc(S(=O)(=O)N2CCN(C(=O)c3ccc(OC(F)F)cc3)CC2)cc1. The Morgan fingerprint density at radius 3 is 2.07 bits per heavy atom. The van der Waals surface area contributed by atoms with Crippen LogP contribution in [0.2, 0.25) is 0 Å². The number of carbonyl (C=O) groups excluding carboxylic acids is 1. The summed E-state index contributed by atoms with van der Waals surface area (Å²) in [5, 5.41) is 0. The van der Waals surface area contributed by atoms with Gasteiger partial charge in [-0.2, -0.15) is 13.1 Å². The Morgan fingerprint density at radius 2 is 1.53 bits per heavy atom. The van der Waals surface area contributed by atoms with E-state index in [1.54, 1.807) is 12.1 Å². The van der Waals surface area contributed by atoms with Crippen molar-refractivity contribution in [2.45, 2.75) is 18.4 Å². The topological polar surface area (TPSA) is 76.2 Å². The average Bonchev–Trinajstić information content (AvgIpc) is 2.74. The molecular formula is C20H22F2N2O5S. The standard InChI is InChI=1S/C20H22F2N2O5S/c1-2-28-16-7-9-18(10-8-16)30(26,27)24-13-11-23(12-14-24)19(25)15-3-5-17(6-4-15)29-20(21)22/h3-10,20H,2,11-14H2,1H3. The maximum Gasteiger partial charge on any atom is 0.387 e. The lowest BCUT2D eigenvalue weighted by atomic mass is 10.2. The smallest absolute Gasteiger partial charge is 0.387 e. The third kappa shape index (κ3) is 5.06. The molecule has 30 heavy (non-hydrogen) atoms. The normalized spacial score (nSPS) is 15.3. The predicted octanol–water partition coefficient (Wildman–Crippen LogP) is 2.83. The number of hydrogen-bond donors (Lipinski definition) is 0. The number of halogens is 2. The first-order valence-electron chi connectivity index (χ1n) is 9.38. The number of benzene rings is 2. The van der Waals surface area contributed by atoms with E-state index in [0.29, 0.717) is 17.9 Å². The van der Waals surface area contributed by atoms with Crippen LogP contribution in [0, 0.1) is 0 Å². The van der Waals surface area contributed by atoms with Crippen LogP contribution in [-0.2, 0) is 10.0 Å². The summed E-state index contributed by atoms with van der Waals surface area (Å²) in [6.07, 6.45) is 0. The van der Waals surface area contributed by atoms with Gasteiger partial charge < -0.3 is 14.4 Å². The van der Waals surface area contributed by atoms with E-state index in [1.165, 1.54) is 45.6 Å². The van der Waals surface area contributed by atoms with E-state index >= 15 is 0 Å². The third-order valence-electron chi connectivity index (χ3n) is 4.62. The summed E-state index contributed by atoms with van der Waals surface area (Å²) in [7, 11) is -3.67. The van der Waals surface area contributed by atoms with Gasteiger partial charge in [-0.05, 0) is 55.5 Å². The number of alkyl halides is 2.